The summed E-state index contributed by atoms with van der Waals surface area (Å²) in [6.45, 7) is 4.70. The highest BCUT2D eigenvalue weighted by Crippen LogP contribution is 2.28. The van der Waals surface area contributed by atoms with Gasteiger partial charge in [0.05, 0.1) is 0 Å². The summed E-state index contributed by atoms with van der Waals surface area (Å²) < 4.78 is 0. The third-order valence-electron chi connectivity index (χ3n) is 4.55. The minimum atomic E-state index is 0.494. The number of nitrogens with two attached hydrogens (primary N) is 1. The monoisotopic (exact) mass is 239 g/mol. The van der Waals surface area contributed by atoms with Gasteiger partial charge in [-0.2, -0.15) is 0 Å². The van der Waals surface area contributed by atoms with Crippen molar-refractivity contribution in [2.24, 2.45) is 17.6 Å². The van der Waals surface area contributed by atoms with E-state index in [1.165, 1.54) is 70.6 Å². The molecule has 0 saturated heterocycles. The third kappa shape index (κ3) is 6.45. The molecule has 1 saturated carbocycles. The Bertz CT molecular complexity index is 178. The molecule has 1 aliphatic rings. The molecule has 3 atom stereocenters. The van der Waals surface area contributed by atoms with E-state index in [9.17, 15) is 0 Å². The quantitative estimate of drug-likeness (QED) is 0.656. The Morgan fingerprint density at radius 3 is 2.47 bits per heavy atom. The smallest absolute Gasteiger partial charge is 0.00671 e. The van der Waals surface area contributed by atoms with E-state index in [1.54, 1.807) is 0 Å². The molecule has 2 unspecified atom stereocenters. The lowest BCUT2D eigenvalue weighted by Gasteiger charge is -2.28. The van der Waals surface area contributed by atoms with E-state index in [2.05, 4.69) is 13.8 Å². The van der Waals surface area contributed by atoms with Gasteiger partial charge >= 0.3 is 0 Å². The molecular weight excluding hydrogens is 206 g/mol. The highest BCUT2D eigenvalue weighted by molar-refractivity contribution is 4.77. The van der Waals surface area contributed by atoms with Crippen molar-refractivity contribution in [3.8, 4) is 0 Å². The molecule has 0 heterocycles. The first-order chi connectivity index (χ1) is 8.24. The van der Waals surface area contributed by atoms with Gasteiger partial charge < -0.3 is 5.73 Å². The standard InChI is InChI=1S/C16H33N/c1-3-4-5-6-7-10-15-13-12-14(2)9-8-11-16(15)17/h14-16H,3-13,17H2,1-2H3/t14-,15?,16?/m0/s1. The zero-order valence-corrected chi connectivity index (χ0v) is 12.1. The largest absolute Gasteiger partial charge is 0.327 e. The molecule has 2 N–H and O–H groups in total. The molecule has 0 aliphatic heterocycles. The van der Waals surface area contributed by atoms with Gasteiger partial charge in [-0.1, -0.05) is 65.2 Å². The molecule has 17 heavy (non-hydrogen) atoms. The molecular formula is C16H33N. The molecule has 1 aliphatic carbocycles. The van der Waals surface area contributed by atoms with Gasteiger partial charge in [-0.05, 0) is 31.1 Å². The lowest BCUT2D eigenvalue weighted by atomic mass is 9.81. The average molecular weight is 239 g/mol. The lowest BCUT2D eigenvalue weighted by Crippen LogP contribution is -2.31. The Morgan fingerprint density at radius 1 is 0.941 bits per heavy atom. The second kappa shape index (κ2) is 8.97. The zero-order valence-electron chi connectivity index (χ0n) is 12.1. The summed E-state index contributed by atoms with van der Waals surface area (Å²) >= 11 is 0. The molecule has 0 aromatic rings. The number of rotatable bonds is 6. The number of unbranched alkanes of at least 4 members (excludes halogenated alkanes) is 4. The van der Waals surface area contributed by atoms with E-state index in [0.29, 0.717) is 6.04 Å². The van der Waals surface area contributed by atoms with E-state index in [1.807, 2.05) is 0 Å². The van der Waals surface area contributed by atoms with Crippen LogP contribution in [-0.2, 0) is 0 Å². The van der Waals surface area contributed by atoms with Crippen LogP contribution in [0.2, 0.25) is 0 Å². The van der Waals surface area contributed by atoms with E-state index in [-0.39, 0.29) is 0 Å². The van der Waals surface area contributed by atoms with Crippen LogP contribution in [0.15, 0.2) is 0 Å². The van der Waals surface area contributed by atoms with Gasteiger partial charge in [-0.3, -0.25) is 0 Å². The topological polar surface area (TPSA) is 26.0 Å². The second-order valence-electron chi connectivity index (χ2n) is 6.24. The van der Waals surface area contributed by atoms with Crippen molar-refractivity contribution in [2.45, 2.75) is 90.5 Å². The van der Waals surface area contributed by atoms with Crippen LogP contribution in [0.25, 0.3) is 0 Å². The Balaban J connectivity index is 2.18. The Hall–Kier alpha value is -0.0400. The maximum absolute atomic E-state index is 6.33. The lowest BCUT2D eigenvalue weighted by molar-refractivity contribution is 0.273. The van der Waals surface area contributed by atoms with E-state index in [4.69, 9.17) is 5.73 Å². The van der Waals surface area contributed by atoms with Crippen molar-refractivity contribution in [1.29, 1.82) is 0 Å². The Kier molecular flexibility index (Phi) is 7.92. The summed E-state index contributed by atoms with van der Waals surface area (Å²) in [6, 6.07) is 0.494. The number of hydrogen-bond donors (Lipinski definition) is 1. The first-order valence-corrected chi connectivity index (χ1v) is 7.99. The van der Waals surface area contributed by atoms with Crippen LogP contribution >= 0.6 is 0 Å². The van der Waals surface area contributed by atoms with Crippen molar-refractivity contribution in [1.82, 2.24) is 0 Å². The molecule has 1 rings (SSSR count). The highest BCUT2D eigenvalue weighted by Gasteiger charge is 2.20. The molecule has 1 nitrogen and oxygen atoms in total. The molecule has 1 heteroatoms. The van der Waals surface area contributed by atoms with Gasteiger partial charge in [-0.15, -0.1) is 0 Å². The SMILES string of the molecule is CCCCCCCC1CC[C@@H](C)CCCC1N. The summed E-state index contributed by atoms with van der Waals surface area (Å²) in [6.07, 6.45) is 15.2. The minimum absolute atomic E-state index is 0.494. The maximum atomic E-state index is 6.33. The Labute approximate surface area is 109 Å². The van der Waals surface area contributed by atoms with Gasteiger partial charge in [0.15, 0.2) is 0 Å². The van der Waals surface area contributed by atoms with Crippen LogP contribution < -0.4 is 5.73 Å². The summed E-state index contributed by atoms with van der Waals surface area (Å²) in [5.74, 6) is 1.75. The first kappa shape index (κ1) is 15.0. The van der Waals surface area contributed by atoms with Crippen LogP contribution in [0.5, 0.6) is 0 Å². The molecule has 102 valence electrons. The summed E-state index contributed by atoms with van der Waals surface area (Å²) in [7, 11) is 0. The van der Waals surface area contributed by atoms with Crippen LogP contribution in [0, 0.1) is 11.8 Å². The summed E-state index contributed by atoms with van der Waals surface area (Å²) in [5.41, 5.74) is 6.33. The van der Waals surface area contributed by atoms with Crippen molar-refractivity contribution in [3.63, 3.8) is 0 Å². The summed E-state index contributed by atoms with van der Waals surface area (Å²) in [4.78, 5) is 0. The fourth-order valence-electron chi connectivity index (χ4n) is 3.16. The van der Waals surface area contributed by atoms with Gasteiger partial charge in [0.1, 0.15) is 0 Å². The molecule has 0 spiro atoms. The third-order valence-corrected chi connectivity index (χ3v) is 4.55. The molecule has 0 amide bonds. The van der Waals surface area contributed by atoms with Crippen molar-refractivity contribution < 1.29 is 0 Å². The van der Waals surface area contributed by atoms with Crippen molar-refractivity contribution in [3.05, 3.63) is 0 Å². The molecule has 0 bridgehead atoms. The normalized spacial score (nSPS) is 30.9. The predicted octanol–water partition coefficient (Wildman–Crippen LogP) is 4.89. The van der Waals surface area contributed by atoms with Gasteiger partial charge in [-0.25, -0.2) is 0 Å². The van der Waals surface area contributed by atoms with Crippen LogP contribution in [-0.4, -0.2) is 6.04 Å². The predicted molar refractivity (Wildman–Crippen MR) is 77.1 cm³/mol. The zero-order chi connectivity index (χ0) is 12.5. The van der Waals surface area contributed by atoms with E-state index >= 15 is 0 Å². The molecule has 0 aromatic heterocycles. The number of hydrogen-bond acceptors (Lipinski definition) is 1. The fourth-order valence-corrected chi connectivity index (χ4v) is 3.16. The van der Waals surface area contributed by atoms with Gasteiger partial charge in [0.25, 0.3) is 0 Å². The van der Waals surface area contributed by atoms with Crippen LogP contribution in [0.3, 0.4) is 0 Å². The molecule has 0 radical (unpaired) electrons. The minimum Gasteiger partial charge on any atom is -0.327 e. The summed E-state index contributed by atoms with van der Waals surface area (Å²) in [5, 5.41) is 0. The van der Waals surface area contributed by atoms with Crippen molar-refractivity contribution >= 4 is 0 Å². The van der Waals surface area contributed by atoms with Crippen LogP contribution in [0.1, 0.15) is 84.5 Å². The first-order valence-electron chi connectivity index (χ1n) is 7.99. The highest BCUT2D eigenvalue weighted by atomic mass is 14.6. The molecule has 1 fully saturated rings. The van der Waals surface area contributed by atoms with E-state index in [0.717, 1.165) is 11.8 Å². The fraction of sp³-hybridized carbons (Fsp3) is 1.00. The van der Waals surface area contributed by atoms with Gasteiger partial charge in [0.2, 0.25) is 0 Å². The second-order valence-corrected chi connectivity index (χ2v) is 6.24. The van der Waals surface area contributed by atoms with Crippen molar-refractivity contribution in [2.75, 3.05) is 0 Å². The average Bonchev–Trinajstić information content (AvgIpc) is 2.30. The molecule has 0 aromatic carbocycles. The van der Waals surface area contributed by atoms with Crippen LogP contribution in [0.4, 0.5) is 0 Å². The van der Waals surface area contributed by atoms with Gasteiger partial charge in [0, 0.05) is 6.04 Å². The maximum Gasteiger partial charge on any atom is 0.00671 e. The van der Waals surface area contributed by atoms with E-state index < -0.39 is 0 Å². The Morgan fingerprint density at radius 2 is 1.71 bits per heavy atom.